The molecule has 33 heavy (non-hydrogen) atoms. The summed E-state index contributed by atoms with van der Waals surface area (Å²) in [7, 11) is 0. The first-order valence-electron chi connectivity index (χ1n) is 11.5. The number of hydrogen-bond acceptors (Lipinski definition) is 7. The molecule has 1 N–H and O–H groups in total. The van der Waals surface area contributed by atoms with Gasteiger partial charge in [0.1, 0.15) is 15.8 Å². The molecular formula is C24H30N4O3S2. The van der Waals surface area contributed by atoms with E-state index in [1.807, 2.05) is 32.9 Å². The van der Waals surface area contributed by atoms with Crippen LogP contribution in [0.3, 0.4) is 0 Å². The normalized spacial score (nSPS) is 18.4. The summed E-state index contributed by atoms with van der Waals surface area (Å²) in [5, 5.41) is 3.30. The van der Waals surface area contributed by atoms with Gasteiger partial charge in [-0.25, -0.2) is 4.98 Å². The van der Waals surface area contributed by atoms with Gasteiger partial charge in [-0.1, -0.05) is 42.9 Å². The van der Waals surface area contributed by atoms with Crippen LogP contribution < -0.4 is 10.9 Å². The van der Waals surface area contributed by atoms with E-state index >= 15 is 0 Å². The lowest BCUT2D eigenvalue weighted by Gasteiger charge is -2.21. The van der Waals surface area contributed by atoms with Crippen LogP contribution in [0.15, 0.2) is 28.0 Å². The summed E-state index contributed by atoms with van der Waals surface area (Å²) in [6, 6.07) is 3.92. The average Bonchev–Trinajstić information content (AvgIpc) is 3.38. The minimum Gasteiger partial charge on any atom is -0.379 e. The van der Waals surface area contributed by atoms with Gasteiger partial charge in [-0.15, -0.1) is 0 Å². The molecule has 3 heterocycles. The summed E-state index contributed by atoms with van der Waals surface area (Å²) in [6.45, 7) is 7.15. The predicted molar refractivity (Wildman–Crippen MR) is 138 cm³/mol. The van der Waals surface area contributed by atoms with Gasteiger partial charge < -0.3 is 10.1 Å². The van der Waals surface area contributed by atoms with E-state index in [1.54, 1.807) is 17.2 Å². The maximum atomic E-state index is 13.4. The van der Waals surface area contributed by atoms with Crippen molar-refractivity contribution in [1.82, 2.24) is 14.3 Å². The Kier molecular flexibility index (Phi) is 7.51. The number of amides is 1. The molecule has 0 bridgehead atoms. The number of carbonyl (C=O) groups excluding carboxylic acids is 1. The van der Waals surface area contributed by atoms with Crippen molar-refractivity contribution < 1.29 is 9.53 Å². The van der Waals surface area contributed by atoms with Crippen LogP contribution in [0.1, 0.15) is 57.1 Å². The molecule has 2 aromatic heterocycles. The van der Waals surface area contributed by atoms with E-state index in [1.165, 1.54) is 16.2 Å². The van der Waals surface area contributed by atoms with Gasteiger partial charge in [-0.3, -0.25) is 18.9 Å². The zero-order valence-corrected chi connectivity index (χ0v) is 20.9. The highest BCUT2D eigenvalue weighted by molar-refractivity contribution is 8.26. The summed E-state index contributed by atoms with van der Waals surface area (Å²) < 4.78 is 7.72. The van der Waals surface area contributed by atoms with Gasteiger partial charge in [-0.2, -0.15) is 0 Å². The number of nitrogens with zero attached hydrogens (tertiary/aromatic N) is 3. The Morgan fingerprint density at radius 3 is 2.82 bits per heavy atom. The molecule has 1 amide bonds. The Balaban J connectivity index is 1.68. The van der Waals surface area contributed by atoms with Crippen LogP contribution in [0.25, 0.3) is 11.7 Å². The van der Waals surface area contributed by atoms with E-state index < -0.39 is 0 Å². The summed E-state index contributed by atoms with van der Waals surface area (Å²) >= 11 is 6.80. The van der Waals surface area contributed by atoms with Gasteiger partial charge in [0.05, 0.1) is 16.6 Å². The van der Waals surface area contributed by atoms with Crippen molar-refractivity contribution in [3.8, 4) is 0 Å². The monoisotopic (exact) mass is 486 g/mol. The second-order valence-corrected chi connectivity index (χ2v) is 10.4. The maximum absolute atomic E-state index is 13.4. The molecule has 2 aromatic rings. The standard InChI is InChI=1S/C24H30N4O3S2/c1-15(2)31-13-7-11-25-20-18(22(29)27-12-6-8-16(3)21(27)26-20)14-19-23(30)28(24(32)33-19)17-9-4-5-10-17/h6,8,12,14-15,17,25H,4-5,7,9-11,13H2,1-3H3. The molecule has 1 saturated heterocycles. The number of thioether (sulfide) groups is 1. The third-order valence-corrected chi connectivity index (χ3v) is 7.27. The molecule has 0 spiro atoms. The van der Waals surface area contributed by atoms with Crippen molar-refractivity contribution >= 4 is 51.7 Å². The molecule has 176 valence electrons. The number of aryl methyl sites for hydroxylation is 1. The summed E-state index contributed by atoms with van der Waals surface area (Å²) in [4.78, 5) is 33.6. The first kappa shape index (κ1) is 23.9. The van der Waals surface area contributed by atoms with Crippen molar-refractivity contribution in [2.75, 3.05) is 18.5 Å². The fraction of sp³-hybridized carbons (Fsp3) is 0.500. The molecule has 0 atom stereocenters. The number of anilines is 1. The summed E-state index contributed by atoms with van der Waals surface area (Å²) in [5.74, 6) is 0.368. The van der Waals surface area contributed by atoms with E-state index in [0.717, 1.165) is 37.7 Å². The molecule has 4 rings (SSSR count). The number of thiocarbonyl (C=S) groups is 1. The lowest BCUT2D eigenvalue weighted by Crippen LogP contribution is -2.36. The van der Waals surface area contributed by atoms with Crippen LogP contribution in [0.4, 0.5) is 5.82 Å². The number of fused-ring (bicyclic) bond motifs is 1. The zero-order chi connectivity index (χ0) is 23.5. The molecule has 0 aromatic carbocycles. The third kappa shape index (κ3) is 5.15. The van der Waals surface area contributed by atoms with Gasteiger partial charge in [0, 0.05) is 25.4 Å². The number of rotatable bonds is 8. The molecule has 1 aliphatic carbocycles. The first-order valence-corrected chi connectivity index (χ1v) is 12.7. The van der Waals surface area contributed by atoms with Crippen molar-refractivity contribution in [1.29, 1.82) is 0 Å². The molecule has 0 radical (unpaired) electrons. The summed E-state index contributed by atoms with van der Waals surface area (Å²) in [5.41, 5.74) is 1.66. The fourth-order valence-corrected chi connectivity index (χ4v) is 5.64. The number of nitrogens with one attached hydrogen (secondary N) is 1. The molecular weight excluding hydrogens is 456 g/mol. The lowest BCUT2D eigenvalue weighted by atomic mass is 10.2. The topological polar surface area (TPSA) is 75.9 Å². The minimum absolute atomic E-state index is 0.109. The van der Waals surface area contributed by atoms with Crippen LogP contribution in [0.5, 0.6) is 0 Å². The fourth-order valence-electron chi connectivity index (χ4n) is 4.26. The first-order chi connectivity index (χ1) is 15.9. The molecule has 1 saturated carbocycles. The number of pyridine rings is 1. The molecule has 7 nitrogen and oxygen atoms in total. The van der Waals surface area contributed by atoms with Crippen molar-refractivity contribution in [2.45, 2.75) is 65.0 Å². The average molecular weight is 487 g/mol. The lowest BCUT2D eigenvalue weighted by molar-refractivity contribution is -0.123. The highest BCUT2D eigenvalue weighted by Crippen LogP contribution is 2.38. The van der Waals surface area contributed by atoms with Crippen LogP contribution in [0, 0.1) is 6.92 Å². The molecule has 1 aliphatic heterocycles. The highest BCUT2D eigenvalue weighted by Gasteiger charge is 2.38. The van der Waals surface area contributed by atoms with Crippen LogP contribution in [-0.2, 0) is 9.53 Å². The Labute approximate surface area is 203 Å². The van der Waals surface area contributed by atoms with Gasteiger partial charge in [-0.05, 0) is 57.7 Å². The molecule has 2 aliphatic rings. The minimum atomic E-state index is -0.212. The molecule has 0 unspecified atom stereocenters. The van der Waals surface area contributed by atoms with Crippen LogP contribution in [0.2, 0.25) is 0 Å². The van der Waals surface area contributed by atoms with Crippen molar-refractivity contribution in [3.63, 3.8) is 0 Å². The Morgan fingerprint density at radius 2 is 2.09 bits per heavy atom. The van der Waals surface area contributed by atoms with E-state index in [4.69, 9.17) is 21.9 Å². The van der Waals surface area contributed by atoms with Gasteiger partial charge in [0.2, 0.25) is 0 Å². The third-order valence-electron chi connectivity index (χ3n) is 5.94. The second-order valence-electron chi connectivity index (χ2n) is 8.75. The maximum Gasteiger partial charge on any atom is 0.267 e. The number of ether oxygens (including phenoxy) is 1. The Morgan fingerprint density at radius 1 is 1.33 bits per heavy atom. The van der Waals surface area contributed by atoms with E-state index in [2.05, 4.69) is 5.32 Å². The van der Waals surface area contributed by atoms with Crippen molar-refractivity contribution in [3.05, 3.63) is 44.7 Å². The van der Waals surface area contributed by atoms with Crippen LogP contribution in [-0.4, -0.2) is 49.8 Å². The highest BCUT2D eigenvalue weighted by atomic mass is 32.2. The predicted octanol–water partition coefficient (Wildman–Crippen LogP) is 4.37. The Bertz CT molecular complexity index is 1150. The van der Waals surface area contributed by atoms with Crippen LogP contribution >= 0.6 is 24.0 Å². The Hall–Kier alpha value is -2.23. The van der Waals surface area contributed by atoms with Gasteiger partial charge in [0.25, 0.3) is 11.5 Å². The van der Waals surface area contributed by atoms with Gasteiger partial charge in [0.15, 0.2) is 0 Å². The molecule has 9 heteroatoms. The zero-order valence-electron chi connectivity index (χ0n) is 19.3. The largest absolute Gasteiger partial charge is 0.379 e. The molecule has 2 fully saturated rings. The van der Waals surface area contributed by atoms with E-state index in [0.29, 0.717) is 39.4 Å². The number of hydrogen-bond donors (Lipinski definition) is 1. The quantitative estimate of drug-likeness (QED) is 0.337. The SMILES string of the molecule is Cc1cccn2c(=O)c(C=C3SC(=S)N(C4CCCC4)C3=O)c(NCCCOC(C)C)nc12. The number of aromatic nitrogens is 2. The van der Waals surface area contributed by atoms with Crippen molar-refractivity contribution in [2.24, 2.45) is 0 Å². The summed E-state index contributed by atoms with van der Waals surface area (Å²) in [6.07, 6.45) is 8.50. The second kappa shape index (κ2) is 10.4. The smallest absolute Gasteiger partial charge is 0.267 e. The van der Waals surface area contributed by atoms with E-state index in [-0.39, 0.29) is 23.6 Å². The van der Waals surface area contributed by atoms with E-state index in [9.17, 15) is 9.59 Å². The van der Waals surface area contributed by atoms with Gasteiger partial charge >= 0.3 is 0 Å². The number of carbonyl (C=O) groups is 1.